The minimum Gasteiger partial charge on any atom is -0.494 e. The van der Waals surface area contributed by atoms with E-state index in [1.54, 1.807) is 19.1 Å². The molecule has 1 aliphatic heterocycles. The molecule has 1 unspecified atom stereocenters. The molecular weight excluding hydrogens is 366 g/mol. The van der Waals surface area contributed by atoms with Gasteiger partial charge < -0.3 is 9.84 Å². The molecule has 0 spiro atoms. The second kappa shape index (κ2) is 7.95. The van der Waals surface area contributed by atoms with Crippen LogP contribution in [-0.4, -0.2) is 28.6 Å². The van der Waals surface area contributed by atoms with Crippen LogP contribution in [0.5, 0.6) is 5.88 Å². The van der Waals surface area contributed by atoms with Gasteiger partial charge in [-0.3, -0.25) is 14.4 Å². The first-order chi connectivity index (χ1) is 12.9. The van der Waals surface area contributed by atoms with Crippen molar-refractivity contribution in [3.63, 3.8) is 0 Å². The van der Waals surface area contributed by atoms with Crippen molar-refractivity contribution < 1.29 is 9.84 Å². The van der Waals surface area contributed by atoms with Gasteiger partial charge in [-0.05, 0) is 49.9 Å². The number of aromatic hydroxyl groups is 1. The summed E-state index contributed by atoms with van der Waals surface area (Å²) >= 11 is 6.12. The van der Waals surface area contributed by atoms with Gasteiger partial charge in [-0.2, -0.15) is 5.26 Å². The molecule has 0 saturated carbocycles. The highest BCUT2D eigenvalue weighted by molar-refractivity contribution is 6.31. The van der Waals surface area contributed by atoms with Crippen molar-refractivity contribution in [2.24, 2.45) is 4.99 Å². The Bertz CT molecular complexity index is 999. The fraction of sp³-hybridized carbons (Fsp3) is 0.350. The maximum absolute atomic E-state index is 12.6. The Balaban J connectivity index is 2.05. The lowest BCUT2D eigenvalue weighted by Gasteiger charge is -2.17. The average Bonchev–Trinajstić information content (AvgIpc) is 3.15. The maximum Gasteiger partial charge on any atom is 0.271 e. The van der Waals surface area contributed by atoms with Gasteiger partial charge in [-0.1, -0.05) is 17.7 Å². The molecular formula is C20H20ClN3O3. The minimum absolute atomic E-state index is 0.00538. The number of ether oxygens (including phenoxy) is 1. The first-order valence-electron chi connectivity index (χ1n) is 8.70. The molecule has 3 rings (SSSR count). The van der Waals surface area contributed by atoms with Gasteiger partial charge >= 0.3 is 0 Å². The maximum atomic E-state index is 12.6. The third-order valence-electron chi connectivity index (χ3n) is 4.75. The van der Waals surface area contributed by atoms with Crippen LogP contribution in [0.15, 0.2) is 28.0 Å². The fourth-order valence-corrected chi connectivity index (χ4v) is 3.26. The lowest BCUT2D eigenvalue weighted by atomic mass is 10.1. The van der Waals surface area contributed by atoms with E-state index in [0.29, 0.717) is 28.4 Å². The molecule has 0 bridgehead atoms. The third kappa shape index (κ3) is 3.90. The van der Waals surface area contributed by atoms with E-state index in [0.717, 1.165) is 18.4 Å². The predicted molar refractivity (Wildman–Crippen MR) is 104 cm³/mol. The second-order valence-corrected chi connectivity index (χ2v) is 7.00. The number of benzene rings is 1. The van der Waals surface area contributed by atoms with E-state index in [1.807, 2.05) is 19.1 Å². The van der Waals surface area contributed by atoms with Crippen molar-refractivity contribution in [1.82, 2.24) is 4.57 Å². The molecule has 1 N–H and O–H groups in total. The molecule has 27 heavy (non-hydrogen) atoms. The SMILES string of the molecule is Cc1ccc(N=Cc2c(C)c(C#N)c(=O)n(CC3CCCO3)c2O)cc1Cl. The number of aliphatic imine (C=N–C) groups is 1. The van der Waals surface area contributed by atoms with Crippen LogP contribution in [0, 0.1) is 25.2 Å². The average molecular weight is 386 g/mol. The first kappa shape index (κ1) is 19.2. The van der Waals surface area contributed by atoms with E-state index in [-0.39, 0.29) is 24.1 Å². The smallest absolute Gasteiger partial charge is 0.271 e. The molecule has 1 aromatic heterocycles. The standard InChI is InChI=1S/C20H20ClN3O3/c1-12-5-6-14(8-18(12)21)23-10-17-13(2)16(9-22)19(25)24(20(17)26)11-15-4-3-7-27-15/h5-6,8,10,15,26H,3-4,7,11H2,1-2H3. The Kier molecular flexibility index (Phi) is 5.64. The number of aromatic nitrogens is 1. The van der Waals surface area contributed by atoms with E-state index < -0.39 is 5.56 Å². The summed E-state index contributed by atoms with van der Waals surface area (Å²) in [4.78, 5) is 17.0. The van der Waals surface area contributed by atoms with Crippen molar-refractivity contribution in [3.05, 3.63) is 55.8 Å². The van der Waals surface area contributed by atoms with Crippen LogP contribution in [0.1, 0.15) is 35.1 Å². The molecule has 1 atom stereocenters. The Labute approximate surface area is 162 Å². The van der Waals surface area contributed by atoms with Gasteiger partial charge in [0.25, 0.3) is 5.56 Å². The van der Waals surface area contributed by atoms with Crippen molar-refractivity contribution in [3.8, 4) is 11.9 Å². The molecule has 0 amide bonds. The second-order valence-electron chi connectivity index (χ2n) is 6.59. The molecule has 1 fully saturated rings. The normalized spacial score (nSPS) is 16.7. The highest BCUT2D eigenvalue weighted by Gasteiger charge is 2.22. The van der Waals surface area contributed by atoms with Gasteiger partial charge in [0, 0.05) is 17.8 Å². The third-order valence-corrected chi connectivity index (χ3v) is 5.16. The zero-order chi connectivity index (χ0) is 19.6. The summed E-state index contributed by atoms with van der Waals surface area (Å²) in [6.45, 7) is 4.36. The van der Waals surface area contributed by atoms with Crippen LogP contribution >= 0.6 is 11.6 Å². The van der Waals surface area contributed by atoms with Gasteiger partial charge in [0.1, 0.15) is 11.6 Å². The zero-order valence-electron chi connectivity index (χ0n) is 15.2. The van der Waals surface area contributed by atoms with Gasteiger partial charge in [-0.15, -0.1) is 0 Å². The van der Waals surface area contributed by atoms with Crippen LogP contribution in [0.2, 0.25) is 5.02 Å². The minimum atomic E-state index is -0.515. The summed E-state index contributed by atoms with van der Waals surface area (Å²) < 4.78 is 6.76. The molecule has 0 aliphatic carbocycles. The van der Waals surface area contributed by atoms with Crippen LogP contribution < -0.4 is 5.56 Å². The Morgan fingerprint density at radius 1 is 1.48 bits per heavy atom. The molecule has 1 aromatic carbocycles. The van der Waals surface area contributed by atoms with Crippen LogP contribution in [0.3, 0.4) is 0 Å². The lowest BCUT2D eigenvalue weighted by molar-refractivity contribution is 0.0938. The highest BCUT2D eigenvalue weighted by atomic mass is 35.5. The monoisotopic (exact) mass is 385 g/mol. The van der Waals surface area contributed by atoms with Gasteiger partial charge in [0.2, 0.25) is 5.88 Å². The Hall–Kier alpha value is -2.62. The number of pyridine rings is 1. The van der Waals surface area contributed by atoms with Crippen molar-refractivity contribution in [1.29, 1.82) is 5.26 Å². The molecule has 0 radical (unpaired) electrons. The van der Waals surface area contributed by atoms with Crippen molar-refractivity contribution >= 4 is 23.5 Å². The first-order valence-corrected chi connectivity index (χ1v) is 9.08. The van der Waals surface area contributed by atoms with E-state index >= 15 is 0 Å². The summed E-state index contributed by atoms with van der Waals surface area (Å²) in [6, 6.07) is 7.31. The van der Waals surface area contributed by atoms with Crippen LogP contribution in [0.4, 0.5) is 5.69 Å². The highest BCUT2D eigenvalue weighted by Crippen LogP contribution is 2.25. The number of halogens is 1. The number of aryl methyl sites for hydroxylation is 1. The largest absolute Gasteiger partial charge is 0.494 e. The number of nitrogens with zero attached hydrogens (tertiary/aromatic N) is 3. The molecule has 140 valence electrons. The molecule has 1 saturated heterocycles. The van der Waals surface area contributed by atoms with E-state index in [9.17, 15) is 15.2 Å². The van der Waals surface area contributed by atoms with Gasteiger partial charge in [0.05, 0.1) is 23.9 Å². The Morgan fingerprint density at radius 3 is 2.89 bits per heavy atom. The molecule has 6 nitrogen and oxygen atoms in total. The topological polar surface area (TPSA) is 87.6 Å². The Morgan fingerprint density at radius 2 is 2.26 bits per heavy atom. The van der Waals surface area contributed by atoms with Crippen LogP contribution in [-0.2, 0) is 11.3 Å². The molecule has 1 aliphatic rings. The number of hydrogen-bond donors (Lipinski definition) is 1. The molecule has 7 heteroatoms. The summed E-state index contributed by atoms with van der Waals surface area (Å²) in [7, 11) is 0. The van der Waals surface area contributed by atoms with Crippen molar-refractivity contribution in [2.45, 2.75) is 39.3 Å². The summed E-state index contributed by atoms with van der Waals surface area (Å²) in [6.07, 6.45) is 3.04. The summed E-state index contributed by atoms with van der Waals surface area (Å²) in [5.41, 5.74) is 1.76. The number of rotatable bonds is 4. The molecule has 2 heterocycles. The lowest BCUT2D eigenvalue weighted by Crippen LogP contribution is -2.29. The molecule has 2 aromatic rings. The van der Waals surface area contributed by atoms with Crippen molar-refractivity contribution in [2.75, 3.05) is 6.61 Å². The van der Waals surface area contributed by atoms with E-state index in [2.05, 4.69) is 4.99 Å². The number of nitriles is 1. The van der Waals surface area contributed by atoms with Gasteiger partial charge in [-0.25, -0.2) is 0 Å². The zero-order valence-corrected chi connectivity index (χ0v) is 16.0. The summed E-state index contributed by atoms with van der Waals surface area (Å²) in [5, 5.41) is 20.7. The fourth-order valence-electron chi connectivity index (χ4n) is 3.09. The summed E-state index contributed by atoms with van der Waals surface area (Å²) in [5.74, 6) is -0.214. The van der Waals surface area contributed by atoms with E-state index in [1.165, 1.54) is 10.8 Å². The van der Waals surface area contributed by atoms with Crippen LogP contribution in [0.25, 0.3) is 0 Å². The van der Waals surface area contributed by atoms with Gasteiger partial charge in [0.15, 0.2) is 0 Å². The van der Waals surface area contributed by atoms with E-state index in [4.69, 9.17) is 16.3 Å². The number of hydrogen-bond acceptors (Lipinski definition) is 5. The predicted octanol–water partition coefficient (Wildman–Crippen LogP) is 3.63. The quantitative estimate of drug-likeness (QED) is 0.814.